The molecule has 3 rings (SSSR count). The summed E-state index contributed by atoms with van der Waals surface area (Å²) in [5.74, 6) is 0.873. The van der Waals surface area contributed by atoms with Gasteiger partial charge < -0.3 is 10.1 Å². The molecular formula is C14H20N4O. The highest BCUT2D eigenvalue weighted by Crippen LogP contribution is 2.20. The molecule has 1 N–H and O–H groups in total. The van der Waals surface area contributed by atoms with Crippen molar-refractivity contribution in [3.63, 3.8) is 0 Å². The van der Waals surface area contributed by atoms with Crippen LogP contribution in [-0.4, -0.2) is 33.9 Å². The molecule has 19 heavy (non-hydrogen) atoms. The molecule has 0 atom stereocenters. The second-order valence-corrected chi connectivity index (χ2v) is 5.10. The highest BCUT2D eigenvalue weighted by atomic mass is 16.5. The van der Waals surface area contributed by atoms with Crippen LogP contribution in [0.2, 0.25) is 0 Å². The zero-order chi connectivity index (χ0) is 13.1. The summed E-state index contributed by atoms with van der Waals surface area (Å²) < 4.78 is 7.68. The number of nitrogens with one attached hydrogen (secondary N) is 1. The van der Waals surface area contributed by atoms with Crippen LogP contribution < -0.4 is 5.32 Å². The zero-order valence-electron chi connectivity index (χ0n) is 11.3. The Morgan fingerprint density at radius 3 is 3.11 bits per heavy atom. The molecule has 0 aliphatic heterocycles. The van der Waals surface area contributed by atoms with Crippen molar-refractivity contribution in [3.8, 4) is 0 Å². The van der Waals surface area contributed by atoms with Crippen molar-refractivity contribution in [2.45, 2.75) is 38.7 Å². The van der Waals surface area contributed by atoms with Gasteiger partial charge in [-0.3, -0.25) is 0 Å². The van der Waals surface area contributed by atoms with Crippen molar-refractivity contribution in [1.82, 2.24) is 14.6 Å². The molecule has 1 aliphatic carbocycles. The van der Waals surface area contributed by atoms with E-state index in [0.29, 0.717) is 6.10 Å². The van der Waals surface area contributed by atoms with Crippen LogP contribution in [0.5, 0.6) is 0 Å². The fraction of sp³-hybridized carbons (Fsp3) is 0.571. The Morgan fingerprint density at radius 2 is 2.26 bits per heavy atom. The summed E-state index contributed by atoms with van der Waals surface area (Å²) in [6.45, 7) is 3.51. The Morgan fingerprint density at radius 1 is 1.42 bits per heavy atom. The van der Waals surface area contributed by atoms with Gasteiger partial charge in [0.2, 0.25) is 0 Å². The molecule has 1 saturated carbocycles. The normalized spacial score (nSPS) is 16.3. The first-order valence-electron chi connectivity index (χ1n) is 6.99. The van der Waals surface area contributed by atoms with Crippen molar-refractivity contribution in [1.29, 1.82) is 0 Å². The molecular weight excluding hydrogens is 240 g/mol. The molecule has 0 aromatic carbocycles. The lowest BCUT2D eigenvalue weighted by molar-refractivity contribution is 0.0659. The topological polar surface area (TPSA) is 51.5 Å². The summed E-state index contributed by atoms with van der Waals surface area (Å²) in [6.07, 6.45) is 9.16. The van der Waals surface area contributed by atoms with Gasteiger partial charge in [-0.1, -0.05) is 12.8 Å². The molecule has 2 heterocycles. The predicted molar refractivity (Wildman–Crippen MR) is 74.4 cm³/mol. The number of rotatable bonds is 5. The lowest BCUT2D eigenvalue weighted by Crippen LogP contribution is -2.16. The minimum atomic E-state index is 0.475. The Hall–Kier alpha value is -1.62. The number of nitrogens with zero attached hydrogens (tertiary/aromatic N) is 3. The monoisotopic (exact) mass is 260 g/mol. The molecule has 5 heteroatoms. The maximum absolute atomic E-state index is 5.83. The molecule has 2 aromatic heterocycles. The second-order valence-electron chi connectivity index (χ2n) is 5.10. The first kappa shape index (κ1) is 12.4. The standard InChI is InChI=1S/C14H20N4O/c1-11-10-13-14(15-6-8-18(13)17-11)16-7-9-19-12-4-2-3-5-12/h6,8,10,12H,2-5,7,9H2,1H3,(H,15,16). The summed E-state index contributed by atoms with van der Waals surface area (Å²) in [6, 6.07) is 2.03. The van der Waals surface area contributed by atoms with Gasteiger partial charge >= 0.3 is 0 Å². The van der Waals surface area contributed by atoms with E-state index >= 15 is 0 Å². The van der Waals surface area contributed by atoms with E-state index in [-0.39, 0.29) is 0 Å². The van der Waals surface area contributed by atoms with E-state index in [2.05, 4.69) is 15.4 Å². The van der Waals surface area contributed by atoms with Gasteiger partial charge in [0.25, 0.3) is 0 Å². The zero-order valence-corrected chi connectivity index (χ0v) is 11.3. The maximum Gasteiger partial charge on any atom is 0.152 e. The molecule has 0 amide bonds. The molecule has 2 aromatic rings. The molecule has 0 spiro atoms. The van der Waals surface area contributed by atoms with Gasteiger partial charge in [0.15, 0.2) is 5.82 Å². The second kappa shape index (κ2) is 5.57. The Labute approximate surface area is 113 Å². The number of aromatic nitrogens is 3. The lowest BCUT2D eigenvalue weighted by Gasteiger charge is -2.12. The average Bonchev–Trinajstić information content (AvgIpc) is 3.02. The van der Waals surface area contributed by atoms with Crippen LogP contribution in [0.15, 0.2) is 18.5 Å². The highest BCUT2D eigenvalue weighted by Gasteiger charge is 2.14. The van der Waals surface area contributed by atoms with Gasteiger partial charge in [0.1, 0.15) is 5.52 Å². The van der Waals surface area contributed by atoms with Crippen molar-refractivity contribution in [3.05, 3.63) is 24.2 Å². The molecule has 1 aliphatic rings. The Kier molecular flexibility index (Phi) is 3.64. The van der Waals surface area contributed by atoms with Crippen LogP contribution in [-0.2, 0) is 4.74 Å². The minimum absolute atomic E-state index is 0.475. The molecule has 1 fully saturated rings. The van der Waals surface area contributed by atoms with E-state index in [9.17, 15) is 0 Å². The summed E-state index contributed by atoms with van der Waals surface area (Å²) in [7, 11) is 0. The Balaban J connectivity index is 1.56. The molecule has 0 unspecified atom stereocenters. The van der Waals surface area contributed by atoms with Crippen LogP contribution in [0.25, 0.3) is 5.52 Å². The van der Waals surface area contributed by atoms with Gasteiger partial charge in [-0.25, -0.2) is 9.50 Å². The van der Waals surface area contributed by atoms with Gasteiger partial charge in [0, 0.05) is 18.9 Å². The van der Waals surface area contributed by atoms with Gasteiger partial charge in [-0.2, -0.15) is 5.10 Å². The van der Waals surface area contributed by atoms with Gasteiger partial charge in [0.05, 0.1) is 18.4 Å². The van der Waals surface area contributed by atoms with Crippen LogP contribution in [0.3, 0.4) is 0 Å². The number of hydrogen-bond acceptors (Lipinski definition) is 4. The van der Waals surface area contributed by atoms with Crippen molar-refractivity contribution in [2.24, 2.45) is 0 Å². The fourth-order valence-electron chi connectivity index (χ4n) is 2.63. The molecule has 0 saturated heterocycles. The molecule has 5 nitrogen and oxygen atoms in total. The van der Waals surface area contributed by atoms with E-state index in [0.717, 1.165) is 30.2 Å². The third-order valence-corrected chi connectivity index (χ3v) is 3.56. The van der Waals surface area contributed by atoms with Crippen LogP contribution in [0, 0.1) is 6.92 Å². The number of ether oxygens (including phenoxy) is 1. The molecule has 0 radical (unpaired) electrons. The van der Waals surface area contributed by atoms with E-state index in [1.807, 2.05) is 23.7 Å². The maximum atomic E-state index is 5.83. The summed E-state index contributed by atoms with van der Waals surface area (Å²) in [5, 5.41) is 7.70. The number of hydrogen-bond donors (Lipinski definition) is 1. The fourth-order valence-corrected chi connectivity index (χ4v) is 2.63. The summed E-state index contributed by atoms with van der Waals surface area (Å²) >= 11 is 0. The summed E-state index contributed by atoms with van der Waals surface area (Å²) in [5.41, 5.74) is 2.01. The smallest absolute Gasteiger partial charge is 0.152 e. The SMILES string of the molecule is Cc1cc2c(NCCOC3CCCC3)nccn2n1. The van der Waals surface area contributed by atoms with Crippen molar-refractivity contribution >= 4 is 11.3 Å². The first-order valence-corrected chi connectivity index (χ1v) is 6.99. The number of anilines is 1. The predicted octanol–water partition coefficient (Wildman–Crippen LogP) is 2.41. The van der Waals surface area contributed by atoms with Crippen LogP contribution in [0.1, 0.15) is 31.4 Å². The van der Waals surface area contributed by atoms with Crippen molar-refractivity contribution in [2.75, 3.05) is 18.5 Å². The first-order chi connectivity index (χ1) is 9.33. The van der Waals surface area contributed by atoms with E-state index < -0.39 is 0 Å². The van der Waals surface area contributed by atoms with Gasteiger partial charge in [-0.15, -0.1) is 0 Å². The lowest BCUT2D eigenvalue weighted by atomic mass is 10.3. The molecule has 102 valence electrons. The number of aryl methyl sites for hydroxylation is 1. The quantitative estimate of drug-likeness (QED) is 0.839. The third kappa shape index (κ3) is 2.87. The summed E-state index contributed by atoms with van der Waals surface area (Å²) in [4.78, 5) is 4.36. The van der Waals surface area contributed by atoms with Crippen LogP contribution in [0.4, 0.5) is 5.82 Å². The third-order valence-electron chi connectivity index (χ3n) is 3.56. The van der Waals surface area contributed by atoms with Gasteiger partial charge in [-0.05, 0) is 25.8 Å². The molecule has 0 bridgehead atoms. The minimum Gasteiger partial charge on any atom is -0.376 e. The van der Waals surface area contributed by atoms with E-state index in [1.165, 1.54) is 25.7 Å². The van der Waals surface area contributed by atoms with E-state index in [4.69, 9.17) is 4.74 Å². The van der Waals surface area contributed by atoms with E-state index in [1.54, 1.807) is 6.20 Å². The highest BCUT2D eigenvalue weighted by molar-refractivity contribution is 5.67. The number of fused-ring (bicyclic) bond motifs is 1. The average molecular weight is 260 g/mol. The Bertz CT molecular complexity index is 545. The largest absolute Gasteiger partial charge is 0.376 e. The van der Waals surface area contributed by atoms with Crippen LogP contribution >= 0.6 is 0 Å². The van der Waals surface area contributed by atoms with Crippen molar-refractivity contribution < 1.29 is 4.74 Å².